The highest BCUT2D eigenvalue weighted by molar-refractivity contribution is 5.85. The van der Waals surface area contributed by atoms with Gasteiger partial charge in [-0.05, 0) is 25.5 Å². The Bertz CT molecular complexity index is 1110. The largest absolute Gasteiger partial charge is 0.272 e. The quantitative estimate of drug-likeness (QED) is 0.536. The highest BCUT2D eigenvalue weighted by Crippen LogP contribution is 2.33. The molecule has 0 saturated heterocycles. The predicted octanol–water partition coefficient (Wildman–Crippen LogP) is 4.43. The second-order valence-corrected chi connectivity index (χ2v) is 6.59. The molecule has 0 N–H and O–H groups in total. The molecule has 0 aliphatic heterocycles. The SMILES string of the molecule is Cc1nn(Cc2ccccc2)c2nc(-c3cnn(C)c3C)cc(C(F)F)c12. The predicted molar refractivity (Wildman–Crippen MR) is 99.7 cm³/mol. The van der Waals surface area contributed by atoms with E-state index in [0.29, 0.717) is 29.0 Å². The van der Waals surface area contributed by atoms with Crippen LogP contribution in [-0.4, -0.2) is 24.5 Å². The topological polar surface area (TPSA) is 48.5 Å². The van der Waals surface area contributed by atoms with Gasteiger partial charge in [0.05, 0.1) is 29.5 Å². The summed E-state index contributed by atoms with van der Waals surface area (Å²) in [7, 11) is 1.81. The molecule has 5 nitrogen and oxygen atoms in total. The summed E-state index contributed by atoms with van der Waals surface area (Å²) in [6, 6.07) is 11.2. The molecule has 3 heterocycles. The molecule has 0 unspecified atom stereocenters. The van der Waals surface area contributed by atoms with E-state index in [9.17, 15) is 8.78 Å². The Morgan fingerprint density at radius 3 is 2.48 bits per heavy atom. The van der Waals surface area contributed by atoms with Gasteiger partial charge in [-0.25, -0.2) is 18.4 Å². The van der Waals surface area contributed by atoms with Crippen molar-refractivity contribution < 1.29 is 8.78 Å². The van der Waals surface area contributed by atoms with E-state index in [1.165, 1.54) is 6.07 Å². The van der Waals surface area contributed by atoms with Gasteiger partial charge in [-0.2, -0.15) is 10.2 Å². The van der Waals surface area contributed by atoms with E-state index in [-0.39, 0.29) is 5.56 Å². The number of halogens is 2. The molecule has 0 saturated carbocycles. The molecule has 0 atom stereocenters. The highest BCUT2D eigenvalue weighted by Gasteiger charge is 2.22. The van der Waals surface area contributed by atoms with E-state index in [1.807, 2.05) is 44.3 Å². The number of benzene rings is 1. The standard InChI is InChI=1S/C20H19F2N5/c1-12-18-15(19(21)22)9-17(16-10-23-26(3)13(16)2)24-20(18)27(25-12)11-14-7-5-4-6-8-14/h4-10,19H,11H2,1-3H3. The first kappa shape index (κ1) is 17.3. The number of hydrogen-bond acceptors (Lipinski definition) is 3. The van der Waals surface area contributed by atoms with Crippen LogP contribution < -0.4 is 0 Å². The zero-order chi connectivity index (χ0) is 19.1. The minimum Gasteiger partial charge on any atom is -0.272 e. The first-order valence-electron chi connectivity index (χ1n) is 8.65. The van der Waals surface area contributed by atoms with E-state index in [4.69, 9.17) is 4.98 Å². The van der Waals surface area contributed by atoms with Crippen molar-refractivity contribution in [2.75, 3.05) is 0 Å². The molecule has 0 radical (unpaired) electrons. The van der Waals surface area contributed by atoms with Gasteiger partial charge in [0.25, 0.3) is 6.43 Å². The molecular formula is C20H19F2N5. The minimum absolute atomic E-state index is 0.0462. The van der Waals surface area contributed by atoms with Gasteiger partial charge in [0.1, 0.15) is 0 Å². The molecule has 27 heavy (non-hydrogen) atoms. The van der Waals surface area contributed by atoms with Crippen LogP contribution in [0.25, 0.3) is 22.3 Å². The maximum atomic E-state index is 13.8. The lowest BCUT2D eigenvalue weighted by Gasteiger charge is -2.09. The van der Waals surface area contributed by atoms with Crippen LogP contribution in [0.2, 0.25) is 0 Å². The fourth-order valence-corrected chi connectivity index (χ4v) is 3.31. The Balaban J connectivity index is 1.94. The summed E-state index contributed by atoms with van der Waals surface area (Å²) >= 11 is 0. The zero-order valence-corrected chi connectivity index (χ0v) is 15.3. The van der Waals surface area contributed by atoms with Crippen LogP contribution in [0.15, 0.2) is 42.6 Å². The number of fused-ring (bicyclic) bond motifs is 1. The van der Waals surface area contributed by atoms with Gasteiger partial charge in [0, 0.05) is 23.9 Å². The first-order valence-corrected chi connectivity index (χ1v) is 8.65. The fraction of sp³-hybridized carbons (Fsp3) is 0.250. The van der Waals surface area contributed by atoms with Gasteiger partial charge in [-0.1, -0.05) is 30.3 Å². The summed E-state index contributed by atoms with van der Waals surface area (Å²) in [6.45, 7) is 4.10. The van der Waals surface area contributed by atoms with Crippen LogP contribution in [-0.2, 0) is 13.6 Å². The van der Waals surface area contributed by atoms with Gasteiger partial charge in [0.15, 0.2) is 5.65 Å². The number of aromatic nitrogens is 5. The Morgan fingerprint density at radius 1 is 1.11 bits per heavy atom. The van der Waals surface area contributed by atoms with Crippen molar-refractivity contribution in [3.05, 3.63) is 65.1 Å². The molecule has 4 aromatic rings. The van der Waals surface area contributed by atoms with Crippen molar-refractivity contribution in [1.82, 2.24) is 24.5 Å². The van der Waals surface area contributed by atoms with Gasteiger partial charge in [-0.15, -0.1) is 0 Å². The number of aryl methyl sites for hydroxylation is 2. The molecule has 0 aliphatic rings. The summed E-state index contributed by atoms with van der Waals surface area (Å²) in [5.74, 6) is 0. The summed E-state index contributed by atoms with van der Waals surface area (Å²) in [5, 5.41) is 9.12. The smallest absolute Gasteiger partial charge is 0.264 e. The summed E-state index contributed by atoms with van der Waals surface area (Å²) in [4.78, 5) is 4.69. The molecule has 0 bridgehead atoms. The van der Waals surface area contributed by atoms with Crippen molar-refractivity contribution in [3.8, 4) is 11.3 Å². The van der Waals surface area contributed by atoms with Crippen molar-refractivity contribution in [1.29, 1.82) is 0 Å². The lowest BCUT2D eigenvalue weighted by Crippen LogP contribution is -2.04. The zero-order valence-electron chi connectivity index (χ0n) is 15.3. The Hall–Kier alpha value is -3.09. The van der Waals surface area contributed by atoms with Crippen molar-refractivity contribution in [2.45, 2.75) is 26.8 Å². The maximum absolute atomic E-state index is 13.8. The molecule has 7 heteroatoms. The second kappa shape index (κ2) is 6.57. The molecule has 4 rings (SSSR count). The number of rotatable bonds is 4. The highest BCUT2D eigenvalue weighted by atomic mass is 19.3. The van der Waals surface area contributed by atoms with Gasteiger partial charge in [0.2, 0.25) is 0 Å². The summed E-state index contributed by atoms with van der Waals surface area (Å²) in [5.41, 5.74) is 4.10. The van der Waals surface area contributed by atoms with Gasteiger partial charge >= 0.3 is 0 Å². The van der Waals surface area contributed by atoms with Gasteiger partial charge < -0.3 is 0 Å². The lowest BCUT2D eigenvalue weighted by molar-refractivity contribution is 0.153. The lowest BCUT2D eigenvalue weighted by atomic mass is 10.1. The van der Waals surface area contributed by atoms with Crippen LogP contribution in [0.4, 0.5) is 8.78 Å². The average molecular weight is 367 g/mol. The fourth-order valence-electron chi connectivity index (χ4n) is 3.31. The number of alkyl halides is 2. The molecule has 1 aromatic carbocycles. The van der Waals surface area contributed by atoms with Crippen LogP contribution in [0, 0.1) is 13.8 Å². The average Bonchev–Trinajstić information content (AvgIpc) is 3.15. The molecule has 138 valence electrons. The van der Waals surface area contributed by atoms with Crippen LogP contribution >= 0.6 is 0 Å². The third-order valence-electron chi connectivity index (χ3n) is 4.83. The van der Waals surface area contributed by atoms with Crippen LogP contribution in [0.3, 0.4) is 0 Å². The van der Waals surface area contributed by atoms with Gasteiger partial charge in [-0.3, -0.25) is 4.68 Å². The van der Waals surface area contributed by atoms with E-state index in [1.54, 1.807) is 22.5 Å². The molecule has 0 fully saturated rings. The molecule has 0 aliphatic carbocycles. The van der Waals surface area contributed by atoms with Crippen LogP contribution in [0.1, 0.15) is 28.9 Å². The molecule has 0 spiro atoms. The Kier molecular flexibility index (Phi) is 4.22. The van der Waals surface area contributed by atoms with Crippen molar-refractivity contribution in [2.24, 2.45) is 7.05 Å². The normalized spacial score (nSPS) is 11.6. The molecule has 0 amide bonds. The van der Waals surface area contributed by atoms with E-state index in [2.05, 4.69) is 10.2 Å². The Morgan fingerprint density at radius 2 is 1.85 bits per heavy atom. The number of nitrogens with zero attached hydrogens (tertiary/aromatic N) is 5. The number of pyridine rings is 1. The van der Waals surface area contributed by atoms with E-state index >= 15 is 0 Å². The Labute approximate surface area is 155 Å². The third-order valence-corrected chi connectivity index (χ3v) is 4.83. The molecule has 3 aromatic heterocycles. The van der Waals surface area contributed by atoms with Crippen LogP contribution in [0.5, 0.6) is 0 Å². The van der Waals surface area contributed by atoms with Crippen molar-refractivity contribution in [3.63, 3.8) is 0 Å². The monoisotopic (exact) mass is 367 g/mol. The summed E-state index contributed by atoms with van der Waals surface area (Å²) in [6.07, 6.45) is -0.955. The first-order chi connectivity index (χ1) is 13.0. The number of hydrogen-bond donors (Lipinski definition) is 0. The minimum atomic E-state index is -2.61. The summed E-state index contributed by atoms with van der Waals surface area (Å²) < 4.78 is 31.1. The van der Waals surface area contributed by atoms with Crippen molar-refractivity contribution >= 4 is 11.0 Å². The van der Waals surface area contributed by atoms with E-state index in [0.717, 1.165) is 16.8 Å². The second-order valence-electron chi connectivity index (χ2n) is 6.59. The van der Waals surface area contributed by atoms with E-state index < -0.39 is 6.43 Å². The maximum Gasteiger partial charge on any atom is 0.264 e. The third kappa shape index (κ3) is 2.99. The molecular weight excluding hydrogens is 348 g/mol.